The number of nitrogens with one attached hydrogen (secondary N) is 1. The SMILES string of the molecule is Cc1ccc(N2CCN(C(=O)OC(C)(C)C)[C@@H](C(C)C)C2)cc1C(=O)N[C@H](C)c1cccc2ccccc12. The highest BCUT2D eigenvalue weighted by Crippen LogP contribution is 2.28. The molecule has 0 radical (unpaired) electrons. The quantitative estimate of drug-likeness (QED) is 0.410. The number of benzene rings is 3. The number of fused-ring (bicyclic) bond motifs is 1. The van der Waals surface area contributed by atoms with Gasteiger partial charge < -0.3 is 19.9 Å². The van der Waals surface area contributed by atoms with Crippen molar-refractivity contribution >= 4 is 28.5 Å². The molecule has 0 unspecified atom stereocenters. The van der Waals surface area contributed by atoms with Crippen molar-refractivity contribution in [2.24, 2.45) is 5.92 Å². The molecule has 1 saturated heterocycles. The first-order valence-corrected chi connectivity index (χ1v) is 13.6. The fourth-order valence-electron chi connectivity index (χ4n) is 5.19. The topological polar surface area (TPSA) is 61.9 Å². The molecule has 1 aliphatic rings. The molecule has 0 saturated carbocycles. The number of aryl methyl sites for hydroxylation is 1. The average Bonchev–Trinajstić information content (AvgIpc) is 2.87. The number of rotatable bonds is 5. The molecule has 0 aliphatic carbocycles. The first-order chi connectivity index (χ1) is 17.9. The molecule has 6 heteroatoms. The molecule has 4 rings (SSSR count). The van der Waals surface area contributed by atoms with Crippen LogP contribution in [0.3, 0.4) is 0 Å². The van der Waals surface area contributed by atoms with E-state index in [1.54, 1.807) is 0 Å². The summed E-state index contributed by atoms with van der Waals surface area (Å²) in [6, 6.07) is 20.4. The van der Waals surface area contributed by atoms with Crippen molar-refractivity contribution in [3.63, 3.8) is 0 Å². The smallest absolute Gasteiger partial charge is 0.410 e. The number of hydrogen-bond acceptors (Lipinski definition) is 4. The van der Waals surface area contributed by atoms with E-state index >= 15 is 0 Å². The van der Waals surface area contributed by atoms with Crippen LogP contribution in [0.15, 0.2) is 60.7 Å². The van der Waals surface area contributed by atoms with Gasteiger partial charge in [-0.1, -0.05) is 62.4 Å². The van der Waals surface area contributed by atoms with Crippen molar-refractivity contribution in [1.82, 2.24) is 10.2 Å². The Kier molecular flexibility index (Phi) is 8.00. The average molecular weight is 516 g/mol. The van der Waals surface area contributed by atoms with Crippen molar-refractivity contribution in [2.75, 3.05) is 24.5 Å². The third kappa shape index (κ3) is 6.12. The summed E-state index contributed by atoms with van der Waals surface area (Å²) in [4.78, 5) is 30.5. The van der Waals surface area contributed by atoms with Gasteiger partial charge in [0.15, 0.2) is 0 Å². The van der Waals surface area contributed by atoms with E-state index < -0.39 is 5.60 Å². The highest BCUT2D eigenvalue weighted by Gasteiger charge is 2.35. The molecule has 1 heterocycles. The minimum Gasteiger partial charge on any atom is -0.444 e. The van der Waals surface area contributed by atoms with Gasteiger partial charge in [-0.25, -0.2) is 4.79 Å². The lowest BCUT2D eigenvalue weighted by molar-refractivity contribution is 0.00882. The number of hydrogen-bond donors (Lipinski definition) is 1. The van der Waals surface area contributed by atoms with Crippen LogP contribution in [-0.2, 0) is 4.74 Å². The summed E-state index contributed by atoms with van der Waals surface area (Å²) in [5, 5.41) is 5.53. The summed E-state index contributed by atoms with van der Waals surface area (Å²) < 4.78 is 5.68. The summed E-state index contributed by atoms with van der Waals surface area (Å²) in [6.45, 7) is 15.9. The summed E-state index contributed by atoms with van der Waals surface area (Å²) in [6.07, 6.45) is -0.262. The zero-order valence-corrected chi connectivity index (χ0v) is 23.7. The highest BCUT2D eigenvalue weighted by atomic mass is 16.6. The number of carbonyl (C=O) groups excluding carboxylic acids is 2. The van der Waals surface area contributed by atoms with Crippen molar-refractivity contribution < 1.29 is 14.3 Å². The molecule has 6 nitrogen and oxygen atoms in total. The van der Waals surface area contributed by atoms with Gasteiger partial charge in [0.25, 0.3) is 5.91 Å². The molecule has 3 aromatic rings. The number of piperazine rings is 1. The van der Waals surface area contributed by atoms with E-state index in [0.717, 1.165) is 27.6 Å². The minimum absolute atomic E-state index is 0.0172. The Hall–Kier alpha value is -3.54. The molecule has 2 amide bonds. The van der Waals surface area contributed by atoms with Crippen LogP contribution >= 0.6 is 0 Å². The van der Waals surface area contributed by atoms with E-state index in [1.165, 1.54) is 0 Å². The van der Waals surface area contributed by atoms with Crippen LogP contribution in [0.5, 0.6) is 0 Å². The minimum atomic E-state index is -0.530. The van der Waals surface area contributed by atoms with Crippen LogP contribution in [-0.4, -0.2) is 48.2 Å². The van der Waals surface area contributed by atoms with Crippen LogP contribution in [0.1, 0.15) is 69.1 Å². The third-order valence-electron chi connectivity index (χ3n) is 7.28. The number of anilines is 1. The van der Waals surface area contributed by atoms with E-state index in [0.29, 0.717) is 25.2 Å². The predicted molar refractivity (Wildman–Crippen MR) is 155 cm³/mol. The van der Waals surface area contributed by atoms with Crippen LogP contribution in [0.25, 0.3) is 10.8 Å². The molecule has 2 atom stereocenters. The van der Waals surface area contributed by atoms with Gasteiger partial charge >= 0.3 is 6.09 Å². The predicted octanol–water partition coefficient (Wildman–Crippen LogP) is 6.72. The highest BCUT2D eigenvalue weighted by molar-refractivity contribution is 5.97. The summed E-state index contributed by atoms with van der Waals surface area (Å²) >= 11 is 0. The standard InChI is InChI=1S/C32H41N3O3/c1-21(2)29-20-34(17-18-35(29)31(37)38-32(5,6)7)25-16-15-22(3)28(19-25)30(36)33-23(4)26-14-10-12-24-11-8-9-13-27(24)26/h8-16,19,21,23,29H,17-18,20H2,1-7H3,(H,33,36)/t23-,29-/m1/s1. The van der Waals surface area contributed by atoms with Crippen LogP contribution in [0, 0.1) is 12.8 Å². The Morgan fingerprint density at radius 1 is 0.974 bits per heavy atom. The van der Waals surface area contributed by atoms with Gasteiger partial charge in [0.1, 0.15) is 5.60 Å². The van der Waals surface area contributed by atoms with Gasteiger partial charge in [0.2, 0.25) is 0 Å². The van der Waals surface area contributed by atoms with Crippen LogP contribution in [0.4, 0.5) is 10.5 Å². The normalized spacial score (nSPS) is 17.0. The molecule has 3 aromatic carbocycles. The first-order valence-electron chi connectivity index (χ1n) is 13.6. The Labute approximate surface area is 227 Å². The molecule has 1 fully saturated rings. The van der Waals surface area contributed by atoms with Gasteiger partial charge in [0.05, 0.1) is 12.1 Å². The second-order valence-electron chi connectivity index (χ2n) is 11.7. The molecular formula is C32H41N3O3. The van der Waals surface area contributed by atoms with Gasteiger partial charge in [-0.3, -0.25) is 4.79 Å². The Morgan fingerprint density at radius 2 is 1.68 bits per heavy atom. The maximum Gasteiger partial charge on any atom is 0.410 e. The molecular weight excluding hydrogens is 474 g/mol. The number of carbonyl (C=O) groups is 2. The monoisotopic (exact) mass is 515 g/mol. The second-order valence-corrected chi connectivity index (χ2v) is 11.7. The van der Waals surface area contributed by atoms with E-state index in [2.05, 4.69) is 54.4 Å². The van der Waals surface area contributed by atoms with Crippen LogP contribution < -0.4 is 10.2 Å². The molecule has 38 heavy (non-hydrogen) atoms. The number of amides is 2. The maximum atomic E-state index is 13.5. The maximum absolute atomic E-state index is 13.5. The lowest BCUT2D eigenvalue weighted by atomic mass is 9.98. The Balaban J connectivity index is 1.52. The summed E-state index contributed by atoms with van der Waals surface area (Å²) in [5.41, 5.74) is 3.17. The van der Waals surface area contributed by atoms with Crippen molar-refractivity contribution in [2.45, 2.75) is 66.2 Å². The first kappa shape index (κ1) is 27.5. The van der Waals surface area contributed by atoms with Crippen molar-refractivity contribution in [3.8, 4) is 0 Å². The van der Waals surface area contributed by atoms with Crippen molar-refractivity contribution in [3.05, 3.63) is 77.4 Å². The lowest BCUT2D eigenvalue weighted by Gasteiger charge is -2.44. The van der Waals surface area contributed by atoms with Gasteiger partial charge in [-0.05, 0) is 74.6 Å². The fraction of sp³-hybridized carbons (Fsp3) is 0.438. The van der Waals surface area contributed by atoms with E-state index in [1.807, 2.05) is 69.9 Å². The zero-order valence-electron chi connectivity index (χ0n) is 23.7. The molecule has 1 N–H and O–H groups in total. The van der Waals surface area contributed by atoms with E-state index in [9.17, 15) is 9.59 Å². The van der Waals surface area contributed by atoms with Crippen molar-refractivity contribution in [1.29, 1.82) is 0 Å². The molecule has 1 aliphatic heterocycles. The van der Waals surface area contributed by atoms with E-state index in [4.69, 9.17) is 4.74 Å². The molecule has 202 valence electrons. The van der Waals surface area contributed by atoms with Crippen LogP contribution in [0.2, 0.25) is 0 Å². The molecule has 0 bridgehead atoms. The third-order valence-corrected chi connectivity index (χ3v) is 7.28. The molecule has 0 aromatic heterocycles. The Bertz CT molecular complexity index is 1310. The second kappa shape index (κ2) is 11.1. The zero-order chi connectivity index (χ0) is 27.6. The van der Waals surface area contributed by atoms with E-state index in [-0.39, 0.29) is 30.0 Å². The lowest BCUT2D eigenvalue weighted by Crippen LogP contribution is -2.58. The summed E-state index contributed by atoms with van der Waals surface area (Å²) in [5.74, 6) is 0.178. The number of ether oxygens (including phenoxy) is 1. The largest absolute Gasteiger partial charge is 0.444 e. The Morgan fingerprint density at radius 3 is 2.39 bits per heavy atom. The van der Waals surface area contributed by atoms with Gasteiger partial charge in [0, 0.05) is 30.9 Å². The van der Waals surface area contributed by atoms with Gasteiger partial charge in [-0.15, -0.1) is 0 Å². The summed E-state index contributed by atoms with van der Waals surface area (Å²) in [7, 11) is 0. The number of nitrogens with zero attached hydrogens (tertiary/aromatic N) is 2. The fourth-order valence-corrected chi connectivity index (χ4v) is 5.19. The molecule has 0 spiro atoms. The van der Waals surface area contributed by atoms with Gasteiger partial charge in [-0.2, -0.15) is 0 Å².